The van der Waals surface area contributed by atoms with Crippen LogP contribution in [0.4, 0.5) is 0 Å². The van der Waals surface area contributed by atoms with Crippen LogP contribution >= 0.6 is 0 Å². The molecule has 1 nitrogen and oxygen atoms in total. The van der Waals surface area contributed by atoms with Crippen LogP contribution in [0.2, 0.25) is 0 Å². The molecule has 0 saturated carbocycles. The van der Waals surface area contributed by atoms with Crippen LogP contribution in [0.25, 0.3) is 0 Å². The highest BCUT2D eigenvalue weighted by Crippen LogP contribution is 2.24. The van der Waals surface area contributed by atoms with E-state index in [0.717, 1.165) is 4.48 Å². The van der Waals surface area contributed by atoms with Crippen LogP contribution in [0.5, 0.6) is 0 Å². The molecule has 21 heavy (non-hydrogen) atoms. The van der Waals surface area contributed by atoms with E-state index in [-0.39, 0.29) is 0 Å². The van der Waals surface area contributed by atoms with E-state index in [1.54, 1.807) is 0 Å². The minimum Gasteiger partial charge on any atom is -0.322 e. The monoisotopic (exact) mass is 296 g/mol. The third-order valence-corrected chi connectivity index (χ3v) is 4.41. The van der Waals surface area contributed by atoms with Crippen molar-refractivity contribution in [3.63, 3.8) is 0 Å². The van der Waals surface area contributed by atoms with Gasteiger partial charge in [0.25, 0.3) is 0 Å². The van der Waals surface area contributed by atoms with E-state index in [4.69, 9.17) is 0 Å². The molecule has 0 bridgehead atoms. The second-order valence-corrected chi connectivity index (χ2v) is 8.56. The van der Waals surface area contributed by atoms with Crippen molar-refractivity contribution in [1.82, 2.24) is 0 Å². The van der Waals surface area contributed by atoms with Gasteiger partial charge in [-0.1, -0.05) is 79.2 Å². The summed E-state index contributed by atoms with van der Waals surface area (Å²) >= 11 is 0. The molecule has 0 aromatic carbocycles. The van der Waals surface area contributed by atoms with Crippen LogP contribution in [-0.2, 0) is 0 Å². The third kappa shape index (κ3) is 11.0. The first-order valence-electron chi connectivity index (χ1n) is 9.18. The normalized spacial score (nSPS) is 14.2. The van der Waals surface area contributed by atoms with Crippen LogP contribution in [0.3, 0.4) is 0 Å². The van der Waals surface area contributed by atoms with Crippen LogP contribution in [0, 0.1) is 5.41 Å². The van der Waals surface area contributed by atoms with Crippen molar-refractivity contribution in [2.75, 3.05) is 20.6 Å². The number of quaternary nitrogens is 1. The van der Waals surface area contributed by atoms with E-state index < -0.39 is 0 Å². The van der Waals surface area contributed by atoms with Crippen LogP contribution < -0.4 is 0 Å². The van der Waals surface area contributed by atoms with Gasteiger partial charge in [-0.05, 0) is 12.5 Å². The number of hydrogen-bond donors (Lipinski definition) is 0. The molecule has 0 aliphatic carbocycles. The molecule has 0 saturated heterocycles. The molecule has 0 aliphatic heterocycles. The quantitative estimate of drug-likeness (QED) is 0.229. The standard InChI is InChI=1S/C20H42N/c1-8-10-11-12-13-14-15-16-17-19(9-2)21(6,7)18-20(3,4)5/h9,19H,2,8,10-18H2,1,3-7H3/q+1. The average molecular weight is 297 g/mol. The summed E-state index contributed by atoms with van der Waals surface area (Å²) in [6, 6.07) is 0.601. The Morgan fingerprint density at radius 3 is 1.81 bits per heavy atom. The average Bonchev–Trinajstić information content (AvgIpc) is 2.33. The van der Waals surface area contributed by atoms with Gasteiger partial charge in [0, 0.05) is 11.8 Å². The summed E-state index contributed by atoms with van der Waals surface area (Å²) in [7, 11) is 4.73. The lowest BCUT2D eigenvalue weighted by molar-refractivity contribution is -0.914. The molecule has 1 unspecified atom stereocenters. The Morgan fingerprint density at radius 2 is 1.38 bits per heavy atom. The molecule has 0 radical (unpaired) electrons. The second kappa shape index (κ2) is 10.4. The summed E-state index contributed by atoms with van der Waals surface area (Å²) in [5.41, 5.74) is 0.379. The zero-order chi connectivity index (χ0) is 16.4. The highest BCUT2D eigenvalue weighted by Gasteiger charge is 2.30. The summed E-state index contributed by atoms with van der Waals surface area (Å²) in [4.78, 5) is 0. The van der Waals surface area contributed by atoms with E-state index in [1.807, 2.05) is 0 Å². The topological polar surface area (TPSA) is 0 Å². The molecular weight excluding hydrogens is 254 g/mol. The lowest BCUT2D eigenvalue weighted by Gasteiger charge is -2.41. The summed E-state index contributed by atoms with van der Waals surface area (Å²) in [5, 5.41) is 0. The molecular formula is C20H42N+. The predicted octanol–water partition coefficient (Wildman–Crippen LogP) is 6.19. The molecule has 0 aromatic heterocycles. The van der Waals surface area contributed by atoms with Gasteiger partial charge in [0.2, 0.25) is 0 Å². The van der Waals surface area contributed by atoms with E-state index in [2.05, 4.69) is 54.4 Å². The number of likely N-dealkylation sites (N-methyl/N-ethyl adjacent to an activating group) is 1. The summed E-state index contributed by atoms with van der Waals surface area (Å²) < 4.78 is 1.07. The molecule has 0 aromatic rings. The molecule has 1 atom stereocenters. The van der Waals surface area contributed by atoms with Crippen molar-refractivity contribution >= 4 is 0 Å². The maximum Gasteiger partial charge on any atom is 0.107 e. The Kier molecular flexibility index (Phi) is 10.3. The number of nitrogens with zero attached hydrogens (tertiary/aromatic N) is 1. The molecule has 1 heteroatoms. The first kappa shape index (κ1) is 20.7. The van der Waals surface area contributed by atoms with Crippen molar-refractivity contribution in [2.24, 2.45) is 5.41 Å². The summed E-state index contributed by atoms with van der Waals surface area (Å²) in [5.74, 6) is 0. The molecule has 0 N–H and O–H groups in total. The lowest BCUT2D eigenvalue weighted by atomic mass is 9.93. The van der Waals surface area contributed by atoms with Crippen LogP contribution in [0.15, 0.2) is 12.7 Å². The zero-order valence-corrected chi connectivity index (χ0v) is 15.9. The minimum absolute atomic E-state index is 0.379. The van der Waals surface area contributed by atoms with Crippen molar-refractivity contribution in [3.05, 3.63) is 12.7 Å². The van der Waals surface area contributed by atoms with Gasteiger partial charge in [-0.3, -0.25) is 0 Å². The van der Waals surface area contributed by atoms with Gasteiger partial charge >= 0.3 is 0 Å². The molecule has 0 aliphatic rings. The molecule has 0 amide bonds. The smallest absolute Gasteiger partial charge is 0.107 e. The third-order valence-electron chi connectivity index (χ3n) is 4.41. The first-order chi connectivity index (χ1) is 9.73. The van der Waals surface area contributed by atoms with Crippen molar-refractivity contribution in [2.45, 2.75) is 91.5 Å². The predicted molar refractivity (Wildman–Crippen MR) is 97.6 cm³/mol. The molecule has 126 valence electrons. The summed E-state index contributed by atoms with van der Waals surface area (Å²) in [6.07, 6.45) is 14.7. The highest BCUT2D eigenvalue weighted by molar-refractivity contribution is 4.81. The molecule has 0 heterocycles. The van der Waals surface area contributed by atoms with Gasteiger partial charge in [-0.2, -0.15) is 0 Å². The molecule has 0 spiro atoms. The maximum atomic E-state index is 4.09. The van der Waals surface area contributed by atoms with Crippen molar-refractivity contribution in [1.29, 1.82) is 0 Å². The number of hydrogen-bond acceptors (Lipinski definition) is 0. The van der Waals surface area contributed by atoms with Gasteiger partial charge < -0.3 is 4.48 Å². The van der Waals surface area contributed by atoms with Gasteiger partial charge in [-0.25, -0.2) is 0 Å². The zero-order valence-electron chi connectivity index (χ0n) is 15.9. The van der Waals surface area contributed by atoms with E-state index in [0.29, 0.717) is 11.5 Å². The van der Waals surface area contributed by atoms with Gasteiger partial charge in [0.15, 0.2) is 0 Å². The van der Waals surface area contributed by atoms with Crippen LogP contribution in [0.1, 0.15) is 85.5 Å². The summed E-state index contributed by atoms with van der Waals surface area (Å²) in [6.45, 7) is 14.6. The Bertz CT molecular complexity index is 260. The Morgan fingerprint density at radius 1 is 0.905 bits per heavy atom. The van der Waals surface area contributed by atoms with E-state index >= 15 is 0 Å². The molecule has 0 fully saturated rings. The fourth-order valence-corrected chi connectivity index (χ4v) is 3.58. The van der Waals surface area contributed by atoms with Crippen molar-refractivity contribution < 1.29 is 4.48 Å². The highest BCUT2D eigenvalue weighted by atomic mass is 15.3. The Balaban J connectivity index is 3.91. The SMILES string of the molecule is C=CC(CCCCCCCCCC)[N+](C)(C)CC(C)(C)C. The Hall–Kier alpha value is -0.300. The number of unbranched alkanes of at least 4 members (excludes halogenated alkanes) is 7. The van der Waals surface area contributed by atoms with Crippen LogP contribution in [-0.4, -0.2) is 31.2 Å². The molecule has 0 rings (SSSR count). The largest absolute Gasteiger partial charge is 0.322 e. The fraction of sp³-hybridized carbons (Fsp3) is 0.900. The van der Waals surface area contributed by atoms with Crippen molar-refractivity contribution in [3.8, 4) is 0 Å². The fourth-order valence-electron chi connectivity index (χ4n) is 3.58. The first-order valence-corrected chi connectivity index (χ1v) is 9.18. The van der Waals surface area contributed by atoms with E-state index in [9.17, 15) is 0 Å². The van der Waals surface area contributed by atoms with Gasteiger partial charge in [0.05, 0.1) is 20.6 Å². The minimum atomic E-state index is 0.379. The lowest BCUT2D eigenvalue weighted by Crippen LogP contribution is -2.52. The second-order valence-electron chi connectivity index (χ2n) is 8.56. The van der Waals surface area contributed by atoms with Gasteiger partial charge in [0.1, 0.15) is 6.04 Å². The number of rotatable bonds is 12. The van der Waals surface area contributed by atoms with Gasteiger partial charge in [-0.15, -0.1) is 0 Å². The Labute approximate surface area is 135 Å². The maximum absolute atomic E-state index is 4.09. The van der Waals surface area contributed by atoms with E-state index in [1.165, 1.54) is 64.3 Å².